The fourth-order valence-electron chi connectivity index (χ4n) is 1.56. The van der Waals surface area contributed by atoms with Gasteiger partial charge >= 0.3 is 0 Å². The van der Waals surface area contributed by atoms with E-state index in [0.717, 1.165) is 5.69 Å². The second-order valence-corrected chi connectivity index (χ2v) is 3.92. The molecule has 0 saturated heterocycles. The normalized spacial score (nSPS) is 9.94. The molecule has 0 aliphatic carbocycles. The first-order valence-electron chi connectivity index (χ1n) is 5.09. The molecule has 0 saturated carbocycles. The second kappa shape index (κ2) is 4.89. The van der Waals surface area contributed by atoms with Crippen molar-refractivity contribution in [2.45, 2.75) is 0 Å². The summed E-state index contributed by atoms with van der Waals surface area (Å²) in [5.74, 6) is -0.547. The van der Waals surface area contributed by atoms with Gasteiger partial charge in [0.2, 0.25) is 0 Å². The monoisotopic (exact) mass is 246 g/mol. The Morgan fingerprint density at radius 2 is 1.76 bits per heavy atom. The van der Waals surface area contributed by atoms with Gasteiger partial charge in [-0.15, -0.1) is 0 Å². The van der Waals surface area contributed by atoms with E-state index in [1.807, 2.05) is 30.3 Å². The van der Waals surface area contributed by atoms with E-state index in [1.54, 1.807) is 18.2 Å². The Morgan fingerprint density at radius 3 is 2.41 bits per heavy atom. The van der Waals surface area contributed by atoms with Crippen LogP contribution >= 0.6 is 11.6 Å². The maximum Gasteiger partial charge on any atom is 0.252 e. The summed E-state index contributed by atoms with van der Waals surface area (Å²) in [6, 6.07) is 14.7. The molecule has 0 spiro atoms. The number of nitrogens with two attached hydrogens (primary N) is 1. The highest BCUT2D eigenvalue weighted by atomic mass is 35.5. The van der Waals surface area contributed by atoms with Crippen LogP contribution in [0, 0.1) is 0 Å². The topological polar surface area (TPSA) is 55.1 Å². The molecule has 0 atom stereocenters. The molecular weight excluding hydrogens is 236 g/mol. The summed E-state index contributed by atoms with van der Waals surface area (Å²) < 4.78 is 0. The van der Waals surface area contributed by atoms with Gasteiger partial charge in [-0.1, -0.05) is 35.9 Å². The number of anilines is 2. The standard InChI is InChI=1S/C13H11ClN2O/c14-10-7-4-8-11(12(10)13(15)17)16-9-5-2-1-3-6-9/h1-8,16H,(H2,15,17). The van der Waals surface area contributed by atoms with Gasteiger partial charge in [0.1, 0.15) is 0 Å². The SMILES string of the molecule is NC(=O)c1c(Cl)cccc1Nc1ccccc1. The molecule has 0 aliphatic heterocycles. The summed E-state index contributed by atoms with van der Waals surface area (Å²) in [6.45, 7) is 0. The Hall–Kier alpha value is -2.00. The maximum absolute atomic E-state index is 11.3. The third kappa shape index (κ3) is 2.57. The average molecular weight is 247 g/mol. The molecule has 0 unspecified atom stereocenters. The zero-order chi connectivity index (χ0) is 12.3. The lowest BCUT2D eigenvalue weighted by molar-refractivity contribution is 0.100. The van der Waals surface area contributed by atoms with Crippen molar-refractivity contribution in [1.82, 2.24) is 0 Å². The summed E-state index contributed by atoms with van der Waals surface area (Å²) >= 11 is 5.95. The molecule has 3 N–H and O–H groups in total. The minimum Gasteiger partial charge on any atom is -0.365 e. The van der Waals surface area contributed by atoms with Crippen LogP contribution in [0.4, 0.5) is 11.4 Å². The number of hydrogen-bond acceptors (Lipinski definition) is 2. The third-order valence-electron chi connectivity index (χ3n) is 2.31. The molecule has 0 heterocycles. The van der Waals surface area contributed by atoms with Crippen molar-refractivity contribution in [3.05, 3.63) is 59.1 Å². The summed E-state index contributed by atoms with van der Waals surface area (Å²) in [7, 11) is 0. The van der Waals surface area contributed by atoms with Crippen LogP contribution in [0.2, 0.25) is 5.02 Å². The van der Waals surface area contributed by atoms with Gasteiger partial charge in [-0.05, 0) is 24.3 Å². The number of primary amides is 1. The smallest absolute Gasteiger partial charge is 0.252 e. The van der Waals surface area contributed by atoms with Crippen molar-refractivity contribution in [3.8, 4) is 0 Å². The molecular formula is C13H11ClN2O. The Labute approximate surface area is 104 Å². The minimum absolute atomic E-state index is 0.304. The highest BCUT2D eigenvalue weighted by Gasteiger charge is 2.12. The van der Waals surface area contributed by atoms with Gasteiger partial charge in [-0.25, -0.2) is 0 Å². The molecule has 0 radical (unpaired) electrons. The maximum atomic E-state index is 11.3. The van der Waals surface area contributed by atoms with E-state index in [1.165, 1.54) is 0 Å². The van der Waals surface area contributed by atoms with Crippen LogP contribution in [0.5, 0.6) is 0 Å². The first kappa shape index (κ1) is 11.5. The lowest BCUT2D eigenvalue weighted by Gasteiger charge is -2.11. The van der Waals surface area contributed by atoms with Crippen LogP contribution in [0.3, 0.4) is 0 Å². The minimum atomic E-state index is -0.547. The quantitative estimate of drug-likeness (QED) is 0.874. The third-order valence-corrected chi connectivity index (χ3v) is 2.63. The lowest BCUT2D eigenvalue weighted by Crippen LogP contribution is -2.14. The fourth-order valence-corrected chi connectivity index (χ4v) is 1.82. The molecule has 17 heavy (non-hydrogen) atoms. The molecule has 4 heteroatoms. The number of rotatable bonds is 3. The number of benzene rings is 2. The van der Waals surface area contributed by atoms with E-state index >= 15 is 0 Å². The van der Waals surface area contributed by atoms with Crippen molar-refractivity contribution < 1.29 is 4.79 Å². The Bertz CT molecular complexity index is 540. The van der Waals surface area contributed by atoms with E-state index in [-0.39, 0.29) is 0 Å². The zero-order valence-corrected chi connectivity index (χ0v) is 9.74. The molecule has 0 fully saturated rings. The van der Waals surface area contributed by atoms with E-state index in [0.29, 0.717) is 16.3 Å². The van der Waals surface area contributed by atoms with Gasteiger partial charge in [0, 0.05) is 5.69 Å². The number of amides is 1. The van der Waals surface area contributed by atoms with Gasteiger partial charge in [-0.3, -0.25) is 4.79 Å². The summed E-state index contributed by atoms with van der Waals surface area (Å²) in [5.41, 5.74) is 7.09. The van der Waals surface area contributed by atoms with Crippen molar-refractivity contribution in [2.24, 2.45) is 5.73 Å². The molecule has 0 bridgehead atoms. The molecule has 0 aliphatic rings. The molecule has 2 rings (SSSR count). The number of para-hydroxylation sites is 1. The fraction of sp³-hybridized carbons (Fsp3) is 0. The van der Waals surface area contributed by atoms with Crippen LogP contribution in [0.1, 0.15) is 10.4 Å². The summed E-state index contributed by atoms with van der Waals surface area (Å²) in [6.07, 6.45) is 0. The highest BCUT2D eigenvalue weighted by Crippen LogP contribution is 2.26. The lowest BCUT2D eigenvalue weighted by atomic mass is 10.1. The van der Waals surface area contributed by atoms with E-state index in [4.69, 9.17) is 17.3 Å². The van der Waals surface area contributed by atoms with Gasteiger partial charge in [-0.2, -0.15) is 0 Å². The van der Waals surface area contributed by atoms with Gasteiger partial charge in [0.25, 0.3) is 5.91 Å². The Morgan fingerprint density at radius 1 is 1.06 bits per heavy atom. The van der Waals surface area contributed by atoms with Crippen molar-refractivity contribution >= 4 is 28.9 Å². The summed E-state index contributed by atoms with van der Waals surface area (Å²) in [4.78, 5) is 11.3. The Kier molecular flexibility index (Phi) is 3.30. The highest BCUT2D eigenvalue weighted by molar-refractivity contribution is 6.34. The van der Waals surface area contributed by atoms with Crippen LogP contribution in [0.15, 0.2) is 48.5 Å². The van der Waals surface area contributed by atoms with Crippen LogP contribution in [-0.2, 0) is 0 Å². The molecule has 2 aromatic rings. The number of nitrogens with one attached hydrogen (secondary N) is 1. The molecule has 86 valence electrons. The van der Waals surface area contributed by atoms with Crippen LogP contribution in [-0.4, -0.2) is 5.91 Å². The predicted molar refractivity (Wildman–Crippen MR) is 69.7 cm³/mol. The molecule has 3 nitrogen and oxygen atoms in total. The molecule has 2 aromatic carbocycles. The molecule has 0 aromatic heterocycles. The van der Waals surface area contributed by atoms with Crippen LogP contribution < -0.4 is 11.1 Å². The van der Waals surface area contributed by atoms with Crippen molar-refractivity contribution in [3.63, 3.8) is 0 Å². The van der Waals surface area contributed by atoms with E-state index in [9.17, 15) is 4.79 Å². The van der Waals surface area contributed by atoms with Crippen molar-refractivity contribution in [2.75, 3.05) is 5.32 Å². The first-order valence-corrected chi connectivity index (χ1v) is 5.46. The van der Waals surface area contributed by atoms with Gasteiger partial charge in [0.15, 0.2) is 0 Å². The number of hydrogen-bond donors (Lipinski definition) is 2. The van der Waals surface area contributed by atoms with Gasteiger partial charge in [0.05, 0.1) is 16.3 Å². The average Bonchev–Trinajstić information content (AvgIpc) is 2.30. The summed E-state index contributed by atoms with van der Waals surface area (Å²) in [5, 5.41) is 3.46. The van der Waals surface area contributed by atoms with Gasteiger partial charge < -0.3 is 11.1 Å². The zero-order valence-electron chi connectivity index (χ0n) is 8.98. The number of halogens is 1. The van der Waals surface area contributed by atoms with E-state index in [2.05, 4.69) is 5.32 Å². The van der Waals surface area contributed by atoms with Crippen LogP contribution in [0.25, 0.3) is 0 Å². The van der Waals surface area contributed by atoms with E-state index < -0.39 is 5.91 Å². The van der Waals surface area contributed by atoms with Crippen molar-refractivity contribution in [1.29, 1.82) is 0 Å². The second-order valence-electron chi connectivity index (χ2n) is 3.52. The number of carbonyl (C=O) groups is 1. The molecule has 1 amide bonds. The number of carbonyl (C=O) groups excluding carboxylic acids is 1. The Balaban J connectivity index is 2.40. The largest absolute Gasteiger partial charge is 0.365 e. The first-order chi connectivity index (χ1) is 8.18. The predicted octanol–water partition coefficient (Wildman–Crippen LogP) is 3.18.